The van der Waals surface area contributed by atoms with E-state index in [1.54, 1.807) is 6.07 Å². The summed E-state index contributed by atoms with van der Waals surface area (Å²) in [4.78, 5) is 11.2. The fourth-order valence-electron chi connectivity index (χ4n) is 1.62. The molecule has 6 heteroatoms. The molecule has 0 spiro atoms. The summed E-state index contributed by atoms with van der Waals surface area (Å²) in [5.74, 6) is 1.26. The summed E-state index contributed by atoms with van der Waals surface area (Å²) in [5.41, 5.74) is 0. The molecule has 18 heavy (non-hydrogen) atoms. The standard InChI is InChI=1S/C12H20N2O2S2/c1-17-9-5-3-2-4-8-13-10-11-6-7-12(18-11)14(15)16/h6-7,13H,2-5,8-10H2,1H3. The average molecular weight is 288 g/mol. The van der Waals surface area contributed by atoms with Crippen LogP contribution in [0.4, 0.5) is 5.00 Å². The molecule has 1 heterocycles. The first-order valence-corrected chi connectivity index (χ1v) is 8.38. The van der Waals surface area contributed by atoms with Crippen LogP contribution in [0, 0.1) is 10.1 Å². The fourth-order valence-corrected chi connectivity index (χ4v) is 2.90. The van der Waals surface area contributed by atoms with Crippen LogP contribution >= 0.6 is 23.1 Å². The molecule has 102 valence electrons. The number of thiophene rings is 1. The maximum absolute atomic E-state index is 10.5. The second-order valence-electron chi connectivity index (χ2n) is 4.08. The molecule has 0 aromatic carbocycles. The van der Waals surface area contributed by atoms with Crippen LogP contribution in [-0.2, 0) is 6.54 Å². The maximum atomic E-state index is 10.5. The van der Waals surface area contributed by atoms with Gasteiger partial charge in [-0.25, -0.2) is 0 Å². The van der Waals surface area contributed by atoms with E-state index in [2.05, 4.69) is 11.6 Å². The molecule has 0 radical (unpaired) electrons. The van der Waals surface area contributed by atoms with Crippen LogP contribution in [0.25, 0.3) is 0 Å². The number of thioether (sulfide) groups is 1. The predicted octanol–water partition coefficient (Wildman–Crippen LogP) is 3.67. The van der Waals surface area contributed by atoms with Gasteiger partial charge in [-0.1, -0.05) is 24.2 Å². The smallest absolute Gasteiger partial charge is 0.312 e. The van der Waals surface area contributed by atoms with Gasteiger partial charge >= 0.3 is 5.00 Å². The number of hydrogen-bond donors (Lipinski definition) is 1. The summed E-state index contributed by atoms with van der Waals surface area (Å²) in [6, 6.07) is 3.40. The van der Waals surface area contributed by atoms with Crippen molar-refractivity contribution in [2.75, 3.05) is 18.6 Å². The van der Waals surface area contributed by atoms with E-state index < -0.39 is 0 Å². The first-order chi connectivity index (χ1) is 8.74. The van der Waals surface area contributed by atoms with E-state index in [0.717, 1.165) is 18.0 Å². The zero-order valence-electron chi connectivity index (χ0n) is 10.7. The quantitative estimate of drug-likeness (QED) is 0.405. The minimum Gasteiger partial charge on any atom is -0.312 e. The Morgan fingerprint density at radius 2 is 2.11 bits per heavy atom. The Kier molecular flexibility index (Phi) is 8.04. The molecule has 0 fully saturated rings. The number of nitrogens with zero attached hydrogens (tertiary/aromatic N) is 1. The van der Waals surface area contributed by atoms with Gasteiger partial charge in [-0.05, 0) is 37.5 Å². The largest absolute Gasteiger partial charge is 0.324 e. The molecular formula is C12H20N2O2S2. The molecule has 0 aliphatic carbocycles. The van der Waals surface area contributed by atoms with Crippen molar-refractivity contribution in [2.45, 2.75) is 32.2 Å². The molecule has 0 saturated heterocycles. The minimum absolute atomic E-state index is 0.226. The molecule has 1 rings (SSSR count). The lowest BCUT2D eigenvalue weighted by Gasteiger charge is -2.02. The van der Waals surface area contributed by atoms with Crippen LogP contribution in [0.5, 0.6) is 0 Å². The minimum atomic E-state index is -0.333. The lowest BCUT2D eigenvalue weighted by atomic mass is 10.2. The molecule has 0 atom stereocenters. The van der Waals surface area contributed by atoms with Crippen LogP contribution < -0.4 is 5.32 Å². The third-order valence-electron chi connectivity index (χ3n) is 2.58. The molecule has 0 bridgehead atoms. The second kappa shape index (κ2) is 9.35. The van der Waals surface area contributed by atoms with Crippen LogP contribution in [0.3, 0.4) is 0 Å². The van der Waals surface area contributed by atoms with Crippen molar-refractivity contribution < 1.29 is 4.92 Å². The van der Waals surface area contributed by atoms with Crippen molar-refractivity contribution in [3.05, 3.63) is 27.1 Å². The van der Waals surface area contributed by atoms with Crippen LogP contribution in [0.15, 0.2) is 12.1 Å². The third-order valence-corrected chi connectivity index (χ3v) is 4.31. The van der Waals surface area contributed by atoms with Gasteiger partial charge in [-0.15, -0.1) is 0 Å². The van der Waals surface area contributed by atoms with Crippen LogP contribution in [-0.4, -0.2) is 23.5 Å². The molecule has 0 aliphatic rings. The van der Waals surface area contributed by atoms with Crippen molar-refractivity contribution in [1.82, 2.24) is 5.32 Å². The first-order valence-electron chi connectivity index (χ1n) is 6.17. The fraction of sp³-hybridized carbons (Fsp3) is 0.667. The summed E-state index contributed by atoms with van der Waals surface area (Å²) in [5, 5.41) is 14.1. The lowest BCUT2D eigenvalue weighted by Crippen LogP contribution is -2.13. The number of rotatable bonds is 10. The van der Waals surface area contributed by atoms with Crippen LogP contribution in [0.1, 0.15) is 30.6 Å². The number of nitro groups is 1. The van der Waals surface area contributed by atoms with Crippen molar-refractivity contribution in [3.8, 4) is 0 Å². The zero-order chi connectivity index (χ0) is 13.2. The van der Waals surface area contributed by atoms with Crippen molar-refractivity contribution in [1.29, 1.82) is 0 Å². The number of nitrogens with one attached hydrogen (secondary N) is 1. The lowest BCUT2D eigenvalue weighted by molar-refractivity contribution is -0.380. The SMILES string of the molecule is CSCCCCCCNCc1ccc([N+](=O)[O-])s1. The molecular weight excluding hydrogens is 268 g/mol. The van der Waals surface area contributed by atoms with Crippen LogP contribution in [0.2, 0.25) is 0 Å². The zero-order valence-corrected chi connectivity index (χ0v) is 12.3. The van der Waals surface area contributed by atoms with Gasteiger partial charge in [0.25, 0.3) is 0 Å². The Morgan fingerprint density at radius 3 is 2.78 bits per heavy atom. The van der Waals surface area contributed by atoms with E-state index in [1.165, 1.54) is 42.8 Å². The van der Waals surface area contributed by atoms with Gasteiger partial charge in [0.2, 0.25) is 0 Å². The highest BCUT2D eigenvalue weighted by Crippen LogP contribution is 2.23. The summed E-state index contributed by atoms with van der Waals surface area (Å²) in [7, 11) is 0. The first kappa shape index (κ1) is 15.5. The number of unbranched alkanes of at least 4 members (excludes halogenated alkanes) is 3. The Balaban J connectivity index is 2.02. The summed E-state index contributed by atoms with van der Waals surface area (Å²) < 4.78 is 0. The van der Waals surface area contributed by atoms with Crippen molar-refractivity contribution >= 4 is 28.1 Å². The maximum Gasteiger partial charge on any atom is 0.324 e. The van der Waals surface area contributed by atoms with Gasteiger partial charge in [0.15, 0.2) is 0 Å². The second-order valence-corrected chi connectivity index (χ2v) is 6.21. The van der Waals surface area contributed by atoms with Gasteiger partial charge in [0.1, 0.15) is 0 Å². The molecule has 0 saturated carbocycles. The average Bonchev–Trinajstić information content (AvgIpc) is 2.81. The summed E-state index contributed by atoms with van der Waals surface area (Å²) in [6.45, 7) is 1.73. The molecule has 1 N–H and O–H groups in total. The van der Waals surface area contributed by atoms with E-state index in [0.29, 0.717) is 0 Å². The summed E-state index contributed by atoms with van der Waals surface area (Å²) in [6.07, 6.45) is 7.19. The van der Waals surface area contributed by atoms with E-state index in [-0.39, 0.29) is 9.92 Å². The molecule has 0 amide bonds. The molecule has 0 aliphatic heterocycles. The van der Waals surface area contributed by atoms with E-state index in [9.17, 15) is 10.1 Å². The Bertz CT molecular complexity index is 356. The van der Waals surface area contributed by atoms with Gasteiger partial charge in [-0.2, -0.15) is 11.8 Å². The number of hydrogen-bond acceptors (Lipinski definition) is 5. The molecule has 4 nitrogen and oxygen atoms in total. The predicted molar refractivity (Wildman–Crippen MR) is 79.5 cm³/mol. The van der Waals surface area contributed by atoms with Gasteiger partial charge in [0, 0.05) is 17.5 Å². The molecule has 1 aromatic heterocycles. The van der Waals surface area contributed by atoms with Gasteiger partial charge in [-0.3, -0.25) is 10.1 Å². The van der Waals surface area contributed by atoms with Gasteiger partial charge in [0.05, 0.1) is 4.92 Å². The molecule has 0 unspecified atom stereocenters. The van der Waals surface area contributed by atoms with E-state index >= 15 is 0 Å². The summed E-state index contributed by atoms with van der Waals surface area (Å²) >= 11 is 3.15. The van der Waals surface area contributed by atoms with Gasteiger partial charge < -0.3 is 5.32 Å². The Hall–Kier alpha value is -0.590. The highest BCUT2D eigenvalue weighted by Gasteiger charge is 2.08. The molecule has 1 aromatic rings. The van der Waals surface area contributed by atoms with E-state index in [4.69, 9.17) is 0 Å². The Labute approximate surface area is 116 Å². The topological polar surface area (TPSA) is 55.2 Å². The highest BCUT2D eigenvalue weighted by atomic mass is 32.2. The third kappa shape index (κ3) is 6.37. The normalized spacial score (nSPS) is 10.7. The van der Waals surface area contributed by atoms with Crippen molar-refractivity contribution in [2.24, 2.45) is 0 Å². The monoisotopic (exact) mass is 288 g/mol. The highest BCUT2D eigenvalue weighted by molar-refractivity contribution is 7.98. The van der Waals surface area contributed by atoms with Crippen molar-refractivity contribution in [3.63, 3.8) is 0 Å². The Morgan fingerprint density at radius 1 is 1.33 bits per heavy atom. The van der Waals surface area contributed by atoms with E-state index in [1.807, 2.05) is 17.8 Å².